The number of H-pyrrole nitrogens is 1. The third kappa shape index (κ3) is 2.56. The fourth-order valence-corrected chi connectivity index (χ4v) is 2.22. The summed E-state index contributed by atoms with van der Waals surface area (Å²) in [6.45, 7) is 0. The Labute approximate surface area is 121 Å². The molecule has 2 aromatic rings. The Balaban J connectivity index is 2.00. The molecule has 1 aromatic heterocycles. The van der Waals surface area contributed by atoms with Crippen LogP contribution >= 0.6 is 0 Å². The minimum absolute atomic E-state index is 0.0439. The van der Waals surface area contributed by atoms with Crippen LogP contribution in [0.5, 0.6) is 11.5 Å². The van der Waals surface area contributed by atoms with Crippen LogP contribution in [0.2, 0.25) is 0 Å². The number of nitrogens with one attached hydrogen (secondary N) is 1. The van der Waals surface area contributed by atoms with Crippen LogP contribution in [0.4, 0.5) is 0 Å². The summed E-state index contributed by atoms with van der Waals surface area (Å²) in [4.78, 5) is 11.0. The molecule has 1 aromatic carbocycles. The summed E-state index contributed by atoms with van der Waals surface area (Å²) in [5.74, 6) is 0.200. The van der Waals surface area contributed by atoms with Crippen LogP contribution in [0.3, 0.4) is 0 Å². The van der Waals surface area contributed by atoms with Gasteiger partial charge in [-0.2, -0.15) is 5.10 Å². The number of ether oxygens (including phenoxy) is 2. The van der Waals surface area contributed by atoms with Gasteiger partial charge in [0.1, 0.15) is 5.69 Å². The van der Waals surface area contributed by atoms with Crippen molar-refractivity contribution in [2.45, 2.75) is 25.4 Å². The molecule has 1 saturated carbocycles. The molecule has 0 spiro atoms. The van der Waals surface area contributed by atoms with Crippen molar-refractivity contribution in [2.75, 3.05) is 7.11 Å². The van der Waals surface area contributed by atoms with Crippen LogP contribution in [0.15, 0.2) is 24.3 Å². The second-order valence-corrected chi connectivity index (χ2v) is 4.98. The first-order chi connectivity index (χ1) is 10.2. The summed E-state index contributed by atoms with van der Waals surface area (Å²) in [5.41, 5.74) is 1.30. The summed E-state index contributed by atoms with van der Waals surface area (Å²) in [6.07, 6.45) is 3.41. The highest BCUT2D eigenvalue weighted by Gasteiger charge is 2.24. The Kier molecular flexibility index (Phi) is 3.51. The van der Waals surface area contributed by atoms with Crippen molar-refractivity contribution in [2.24, 2.45) is 0 Å². The second-order valence-electron chi connectivity index (χ2n) is 4.98. The van der Waals surface area contributed by atoms with E-state index in [2.05, 4.69) is 10.2 Å². The number of benzene rings is 1. The number of hydrogen-bond acceptors (Lipinski definition) is 4. The van der Waals surface area contributed by atoms with Gasteiger partial charge in [0, 0.05) is 5.56 Å². The van der Waals surface area contributed by atoms with E-state index in [9.17, 15) is 4.79 Å². The van der Waals surface area contributed by atoms with Crippen molar-refractivity contribution in [1.82, 2.24) is 10.2 Å². The Hall–Kier alpha value is -2.50. The Morgan fingerprint density at radius 2 is 2.24 bits per heavy atom. The van der Waals surface area contributed by atoms with E-state index in [-0.39, 0.29) is 11.8 Å². The highest BCUT2D eigenvalue weighted by atomic mass is 16.5. The SMILES string of the molecule is COc1cccc(-c2cc(C(=O)O)[nH]n2)c1OC1CCC1. The number of para-hydroxylation sites is 1. The number of hydrogen-bond donors (Lipinski definition) is 2. The van der Waals surface area contributed by atoms with Crippen LogP contribution in [0.25, 0.3) is 11.3 Å². The molecule has 2 N–H and O–H groups in total. The molecule has 1 fully saturated rings. The summed E-state index contributed by atoms with van der Waals surface area (Å²) < 4.78 is 11.4. The van der Waals surface area contributed by atoms with E-state index in [0.29, 0.717) is 17.2 Å². The fraction of sp³-hybridized carbons (Fsp3) is 0.333. The molecular formula is C15H16N2O4. The maximum atomic E-state index is 11.0. The summed E-state index contributed by atoms with van der Waals surface area (Å²) in [6, 6.07) is 6.99. The molecule has 0 amide bonds. The Morgan fingerprint density at radius 3 is 2.81 bits per heavy atom. The minimum atomic E-state index is -1.04. The zero-order valence-electron chi connectivity index (χ0n) is 11.6. The Bertz CT molecular complexity index is 661. The average Bonchev–Trinajstić information content (AvgIpc) is 2.92. The van der Waals surface area contributed by atoms with Crippen molar-refractivity contribution in [3.63, 3.8) is 0 Å². The maximum Gasteiger partial charge on any atom is 0.353 e. The lowest BCUT2D eigenvalue weighted by Gasteiger charge is -2.28. The number of carboxylic acid groups (broad SMARTS) is 1. The molecule has 110 valence electrons. The molecule has 3 rings (SSSR count). The quantitative estimate of drug-likeness (QED) is 0.883. The smallest absolute Gasteiger partial charge is 0.353 e. The molecular weight excluding hydrogens is 272 g/mol. The van der Waals surface area contributed by atoms with Crippen LogP contribution in [-0.2, 0) is 0 Å². The predicted octanol–water partition coefficient (Wildman–Crippen LogP) is 2.71. The number of carboxylic acids is 1. The monoisotopic (exact) mass is 288 g/mol. The van der Waals surface area contributed by atoms with Crippen molar-refractivity contribution >= 4 is 5.97 Å². The first-order valence-corrected chi connectivity index (χ1v) is 6.82. The Morgan fingerprint density at radius 1 is 1.43 bits per heavy atom. The van der Waals surface area contributed by atoms with E-state index in [1.807, 2.05) is 18.2 Å². The molecule has 1 aliphatic carbocycles. The predicted molar refractivity (Wildman–Crippen MR) is 75.8 cm³/mol. The number of aromatic amines is 1. The standard InChI is InChI=1S/C15H16N2O4/c1-20-13-7-3-6-10(14(13)21-9-4-2-5-9)11-8-12(15(18)19)17-16-11/h3,6-9H,2,4-5H2,1H3,(H,16,17)(H,18,19). The second kappa shape index (κ2) is 5.47. The van der Waals surface area contributed by atoms with Gasteiger partial charge in [-0.05, 0) is 37.5 Å². The fourth-order valence-electron chi connectivity index (χ4n) is 2.22. The molecule has 6 nitrogen and oxygen atoms in total. The number of aromatic nitrogens is 2. The highest BCUT2D eigenvalue weighted by molar-refractivity contribution is 5.87. The van der Waals surface area contributed by atoms with Gasteiger partial charge < -0.3 is 14.6 Å². The van der Waals surface area contributed by atoms with Gasteiger partial charge in [0.2, 0.25) is 0 Å². The van der Waals surface area contributed by atoms with E-state index in [4.69, 9.17) is 14.6 Å². The van der Waals surface area contributed by atoms with Crippen molar-refractivity contribution < 1.29 is 19.4 Å². The summed E-state index contributed by atoms with van der Waals surface area (Å²) in [5, 5.41) is 15.5. The molecule has 1 heterocycles. The zero-order valence-corrected chi connectivity index (χ0v) is 11.6. The van der Waals surface area contributed by atoms with Gasteiger partial charge in [-0.3, -0.25) is 5.10 Å². The number of rotatable bonds is 5. The lowest BCUT2D eigenvalue weighted by molar-refractivity contribution is 0.0690. The first-order valence-electron chi connectivity index (χ1n) is 6.82. The number of aromatic carboxylic acids is 1. The molecule has 21 heavy (non-hydrogen) atoms. The molecule has 0 radical (unpaired) electrons. The molecule has 0 unspecified atom stereocenters. The highest BCUT2D eigenvalue weighted by Crippen LogP contribution is 2.40. The van der Waals surface area contributed by atoms with Crippen molar-refractivity contribution in [1.29, 1.82) is 0 Å². The van der Waals surface area contributed by atoms with Gasteiger partial charge in [-0.25, -0.2) is 4.79 Å². The largest absolute Gasteiger partial charge is 0.493 e. The van der Waals surface area contributed by atoms with E-state index in [1.54, 1.807) is 7.11 Å². The lowest BCUT2D eigenvalue weighted by Crippen LogP contribution is -2.25. The van der Waals surface area contributed by atoms with E-state index in [1.165, 1.54) is 12.5 Å². The molecule has 1 aliphatic rings. The van der Waals surface area contributed by atoms with E-state index >= 15 is 0 Å². The normalized spacial score (nSPS) is 14.5. The van der Waals surface area contributed by atoms with Gasteiger partial charge in [-0.1, -0.05) is 6.07 Å². The average molecular weight is 288 g/mol. The zero-order chi connectivity index (χ0) is 14.8. The van der Waals surface area contributed by atoms with Crippen LogP contribution in [0, 0.1) is 0 Å². The summed E-state index contributed by atoms with van der Waals surface area (Å²) in [7, 11) is 1.58. The molecule has 0 aliphatic heterocycles. The van der Waals surface area contributed by atoms with Crippen LogP contribution in [-0.4, -0.2) is 34.5 Å². The molecule has 0 atom stereocenters. The molecule has 6 heteroatoms. The van der Waals surface area contributed by atoms with E-state index in [0.717, 1.165) is 18.4 Å². The third-order valence-electron chi connectivity index (χ3n) is 3.62. The molecule has 0 saturated heterocycles. The van der Waals surface area contributed by atoms with Crippen molar-refractivity contribution in [3.05, 3.63) is 30.0 Å². The van der Waals surface area contributed by atoms with Crippen LogP contribution in [0.1, 0.15) is 29.8 Å². The summed E-state index contributed by atoms with van der Waals surface area (Å²) >= 11 is 0. The van der Waals surface area contributed by atoms with Gasteiger partial charge in [0.15, 0.2) is 11.5 Å². The third-order valence-corrected chi connectivity index (χ3v) is 3.62. The van der Waals surface area contributed by atoms with Gasteiger partial charge >= 0.3 is 5.97 Å². The van der Waals surface area contributed by atoms with E-state index < -0.39 is 5.97 Å². The lowest BCUT2D eigenvalue weighted by atomic mass is 9.96. The van der Waals surface area contributed by atoms with Gasteiger partial charge in [0.25, 0.3) is 0 Å². The number of nitrogens with zero attached hydrogens (tertiary/aromatic N) is 1. The van der Waals surface area contributed by atoms with Crippen LogP contribution < -0.4 is 9.47 Å². The maximum absolute atomic E-state index is 11.0. The van der Waals surface area contributed by atoms with Crippen molar-refractivity contribution in [3.8, 4) is 22.8 Å². The van der Waals surface area contributed by atoms with Gasteiger partial charge in [-0.15, -0.1) is 0 Å². The number of carbonyl (C=O) groups is 1. The molecule has 0 bridgehead atoms. The number of methoxy groups -OCH3 is 1. The minimum Gasteiger partial charge on any atom is -0.493 e. The first kappa shape index (κ1) is 13.5. The topological polar surface area (TPSA) is 84.4 Å². The van der Waals surface area contributed by atoms with Gasteiger partial charge in [0.05, 0.1) is 18.9 Å².